The van der Waals surface area contributed by atoms with Crippen molar-refractivity contribution in [3.63, 3.8) is 0 Å². The Bertz CT molecular complexity index is 777. The van der Waals surface area contributed by atoms with Crippen molar-refractivity contribution in [3.05, 3.63) is 0 Å². The van der Waals surface area contributed by atoms with Crippen LogP contribution in [0.2, 0.25) is 0 Å². The van der Waals surface area contributed by atoms with Gasteiger partial charge in [-0.25, -0.2) is 4.79 Å². The first-order valence-corrected chi connectivity index (χ1v) is 13.9. The topological polar surface area (TPSA) is 121 Å². The average molecular weight is 508 g/mol. The molecule has 0 aromatic carbocycles. The average Bonchev–Trinajstić information content (AvgIpc) is 3.28. The van der Waals surface area contributed by atoms with Crippen molar-refractivity contribution in [2.75, 3.05) is 19.7 Å². The zero-order valence-electron chi connectivity index (χ0n) is 21.7. The molecule has 8 nitrogen and oxygen atoms in total. The van der Waals surface area contributed by atoms with Crippen molar-refractivity contribution in [1.29, 1.82) is 5.41 Å². The summed E-state index contributed by atoms with van der Waals surface area (Å²) >= 11 is 5.99. The molecule has 0 radical (unpaired) electrons. The van der Waals surface area contributed by atoms with Crippen LogP contribution < -0.4 is 16.4 Å². The lowest BCUT2D eigenvalue weighted by atomic mass is 9.63. The largest absolute Gasteiger partial charge is 0.450 e. The molecule has 0 aromatic rings. The van der Waals surface area contributed by atoms with Gasteiger partial charge in [-0.1, -0.05) is 39.4 Å². The monoisotopic (exact) mass is 507 g/mol. The van der Waals surface area contributed by atoms with E-state index >= 15 is 0 Å². The maximum atomic E-state index is 13.2. The number of ether oxygens (including phenoxy) is 1. The Morgan fingerprint density at radius 2 is 1.83 bits per heavy atom. The van der Waals surface area contributed by atoms with Crippen LogP contribution in [0.3, 0.4) is 0 Å². The van der Waals surface area contributed by atoms with E-state index in [0.717, 1.165) is 64.3 Å². The smallest absolute Gasteiger partial charge is 0.407 e. The molecule has 0 unspecified atom stereocenters. The van der Waals surface area contributed by atoms with Crippen LogP contribution in [0.1, 0.15) is 85.0 Å². The lowest BCUT2D eigenvalue weighted by Gasteiger charge is -2.47. The standard InChI is InChI=1S/C26H45N5O3S/c1-4-15-34-25(33)30-21(26(2,3)19-7-5-8-19)24(35)31-14-6-9-20(31)23(32)29-16-17-10-12-18(13-11-17)22(27)28/h17-21H,4-16H2,1-3H3,(H3,27,28)(H,29,32)(H,30,33)/t17?,18?,20-,21+/m0/s1. The molecule has 35 heavy (non-hydrogen) atoms. The number of nitrogens with two attached hydrogens (primary N) is 1. The molecular weight excluding hydrogens is 462 g/mol. The Morgan fingerprint density at radius 1 is 1.14 bits per heavy atom. The number of likely N-dealkylation sites (tertiary alicyclic amines) is 1. The molecule has 9 heteroatoms. The van der Waals surface area contributed by atoms with Gasteiger partial charge in [-0.15, -0.1) is 0 Å². The number of rotatable bonds is 10. The second-order valence-electron chi connectivity index (χ2n) is 11.3. The minimum absolute atomic E-state index is 0.0206. The fourth-order valence-electron chi connectivity index (χ4n) is 5.82. The van der Waals surface area contributed by atoms with Crippen molar-refractivity contribution < 1.29 is 14.3 Å². The van der Waals surface area contributed by atoms with Crippen LogP contribution in [-0.4, -0.2) is 59.5 Å². The molecule has 3 aliphatic rings. The molecule has 0 spiro atoms. The van der Waals surface area contributed by atoms with Gasteiger partial charge in [0.25, 0.3) is 0 Å². The van der Waals surface area contributed by atoms with E-state index in [2.05, 4.69) is 24.5 Å². The molecule has 0 aromatic heterocycles. The molecule has 0 bridgehead atoms. The maximum Gasteiger partial charge on any atom is 0.407 e. The van der Waals surface area contributed by atoms with Gasteiger partial charge >= 0.3 is 6.09 Å². The van der Waals surface area contributed by atoms with Gasteiger partial charge in [-0.2, -0.15) is 0 Å². The van der Waals surface area contributed by atoms with E-state index in [1.807, 2.05) is 11.8 Å². The molecule has 2 saturated carbocycles. The highest BCUT2D eigenvalue weighted by atomic mass is 32.1. The lowest BCUT2D eigenvalue weighted by Crippen LogP contribution is -2.60. The number of thiocarbonyl (C=S) groups is 1. The van der Waals surface area contributed by atoms with Crippen molar-refractivity contribution in [3.8, 4) is 0 Å². The molecule has 3 fully saturated rings. The summed E-state index contributed by atoms with van der Waals surface area (Å²) in [7, 11) is 0. The highest BCUT2D eigenvalue weighted by Crippen LogP contribution is 2.45. The third-order valence-corrected chi connectivity index (χ3v) is 9.01. The van der Waals surface area contributed by atoms with E-state index in [4.69, 9.17) is 28.1 Å². The maximum absolute atomic E-state index is 13.2. The van der Waals surface area contributed by atoms with Crippen molar-refractivity contribution in [2.24, 2.45) is 28.9 Å². The third kappa shape index (κ3) is 6.86. The zero-order valence-corrected chi connectivity index (χ0v) is 22.6. The minimum atomic E-state index is -0.437. The highest BCUT2D eigenvalue weighted by molar-refractivity contribution is 7.80. The van der Waals surface area contributed by atoms with Gasteiger partial charge in [0.05, 0.1) is 18.5 Å². The Balaban J connectivity index is 1.62. The van der Waals surface area contributed by atoms with Crippen LogP contribution in [0, 0.1) is 28.6 Å². The number of amidine groups is 1. The lowest BCUT2D eigenvalue weighted by molar-refractivity contribution is -0.124. The molecule has 1 saturated heterocycles. The van der Waals surface area contributed by atoms with Gasteiger partial charge in [-0.05, 0) is 75.0 Å². The SMILES string of the molecule is CCCOC(=O)N[C@H](C(=S)N1CCC[C@H]1C(=O)NCC1CCC(C(=N)N)CC1)C(C)(C)C1CCC1. The molecule has 1 aliphatic heterocycles. The fraction of sp³-hybridized carbons (Fsp3) is 0.846. The number of nitrogens with zero attached hydrogens (tertiary/aromatic N) is 1. The Kier molecular flexibility index (Phi) is 9.78. The second-order valence-corrected chi connectivity index (χ2v) is 11.7. The number of nitrogens with one attached hydrogen (secondary N) is 3. The van der Waals surface area contributed by atoms with Crippen LogP contribution in [0.5, 0.6) is 0 Å². The molecule has 2 amide bonds. The first kappa shape index (κ1) is 27.7. The normalized spacial score (nSPS) is 25.9. The molecule has 198 valence electrons. The summed E-state index contributed by atoms with van der Waals surface area (Å²) in [4.78, 5) is 28.5. The third-order valence-electron chi connectivity index (χ3n) is 8.54. The molecule has 3 rings (SSSR count). The molecule has 2 aliphatic carbocycles. The number of amides is 2. The summed E-state index contributed by atoms with van der Waals surface area (Å²) < 4.78 is 5.33. The molecule has 5 N–H and O–H groups in total. The van der Waals surface area contributed by atoms with E-state index < -0.39 is 6.09 Å². The summed E-state index contributed by atoms with van der Waals surface area (Å²) in [6.07, 6.45) is 9.28. The van der Waals surface area contributed by atoms with Gasteiger partial charge in [-0.3, -0.25) is 10.2 Å². The molecule has 2 atom stereocenters. The summed E-state index contributed by atoms with van der Waals surface area (Å²) in [5, 5.41) is 13.9. The van der Waals surface area contributed by atoms with E-state index in [1.165, 1.54) is 6.42 Å². The number of carbonyl (C=O) groups is 2. The first-order valence-electron chi connectivity index (χ1n) is 13.5. The van der Waals surface area contributed by atoms with Crippen LogP contribution >= 0.6 is 12.2 Å². The molecular formula is C26H45N5O3S. The minimum Gasteiger partial charge on any atom is -0.450 e. The highest BCUT2D eigenvalue weighted by Gasteiger charge is 2.46. The predicted octanol–water partition coefficient (Wildman–Crippen LogP) is 3.97. The fourth-order valence-corrected chi connectivity index (χ4v) is 6.40. The Hall–Kier alpha value is -1.90. The Morgan fingerprint density at radius 3 is 2.40 bits per heavy atom. The number of hydrogen-bond acceptors (Lipinski definition) is 5. The number of carbonyl (C=O) groups excluding carboxylic acids is 2. The quantitative estimate of drug-likeness (QED) is 0.202. The van der Waals surface area contributed by atoms with E-state index in [1.54, 1.807) is 0 Å². The van der Waals surface area contributed by atoms with E-state index in [-0.39, 0.29) is 35.2 Å². The summed E-state index contributed by atoms with van der Waals surface area (Å²) in [6, 6.07) is -0.661. The van der Waals surface area contributed by atoms with Gasteiger partial charge in [0.15, 0.2) is 0 Å². The summed E-state index contributed by atoms with van der Waals surface area (Å²) in [6.45, 7) is 8.07. The second kappa shape index (κ2) is 12.4. The van der Waals surface area contributed by atoms with Crippen molar-refractivity contribution in [2.45, 2.75) is 97.1 Å². The summed E-state index contributed by atoms with van der Waals surface area (Å²) in [5.41, 5.74) is 5.44. The number of alkyl carbamates (subject to hydrolysis) is 1. The van der Waals surface area contributed by atoms with Crippen LogP contribution in [-0.2, 0) is 9.53 Å². The predicted molar refractivity (Wildman–Crippen MR) is 142 cm³/mol. The van der Waals surface area contributed by atoms with Crippen molar-refractivity contribution in [1.82, 2.24) is 15.5 Å². The Labute approximate surface area is 216 Å². The van der Waals surface area contributed by atoms with Crippen molar-refractivity contribution >= 4 is 35.0 Å². The molecule has 1 heterocycles. The zero-order chi connectivity index (χ0) is 25.6. The number of hydrogen-bond donors (Lipinski definition) is 4. The van der Waals surface area contributed by atoms with Gasteiger partial charge in [0.2, 0.25) is 5.91 Å². The van der Waals surface area contributed by atoms with Gasteiger partial charge in [0, 0.05) is 19.0 Å². The van der Waals surface area contributed by atoms with Crippen LogP contribution in [0.25, 0.3) is 0 Å². The first-order chi connectivity index (χ1) is 16.6. The van der Waals surface area contributed by atoms with Gasteiger partial charge in [0.1, 0.15) is 11.0 Å². The van der Waals surface area contributed by atoms with Gasteiger partial charge < -0.3 is 26.0 Å². The van der Waals surface area contributed by atoms with Crippen LogP contribution in [0.4, 0.5) is 4.79 Å². The van der Waals surface area contributed by atoms with E-state index in [0.29, 0.717) is 30.0 Å². The van der Waals surface area contributed by atoms with Crippen LogP contribution in [0.15, 0.2) is 0 Å². The van der Waals surface area contributed by atoms with E-state index in [9.17, 15) is 9.59 Å². The summed E-state index contributed by atoms with van der Waals surface area (Å²) in [5.74, 6) is 1.41.